The number of ether oxygens (including phenoxy) is 2. The molecule has 0 N–H and O–H groups in total. The molecule has 0 aliphatic carbocycles. The Bertz CT molecular complexity index is 938. The molecule has 0 aromatic heterocycles. The number of nitrogens with zero attached hydrogens (tertiary/aromatic N) is 2. The van der Waals surface area contributed by atoms with Crippen molar-refractivity contribution in [3.63, 3.8) is 0 Å². The Morgan fingerprint density at radius 1 is 0.750 bits per heavy atom. The average Bonchev–Trinajstić information content (AvgIpc) is 2.83. The Kier molecular flexibility index (Phi) is 8.74. The van der Waals surface area contributed by atoms with Crippen molar-refractivity contribution < 1.29 is 19.1 Å². The van der Waals surface area contributed by atoms with Crippen LogP contribution in [0.3, 0.4) is 0 Å². The Labute approximate surface area is 188 Å². The van der Waals surface area contributed by atoms with Crippen LogP contribution >= 0.6 is 0 Å². The monoisotopic (exact) mass is 430 g/mol. The maximum Gasteiger partial charge on any atom is 0.331 e. The van der Waals surface area contributed by atoms with Crippen molar-refractivity contribution in [3.8, 4) is 12.1 Å². The number of allylic oxidation sites excluding steroid dienone is 2. The summed E-state index contributed by atoms with van der Waals surface area (Å²) in [5.41, 5.74) is -2.02. The number of carbonyl (C=O) groups is 2. The second kappa shape index (κ2) is 11.5. The van der Waals surface area contributed by atoms with Crippen LogP contribution in [0.1, 0.15) is 37.8 Å². The van der Waals surface area contributed by atoms with Crippen LogP contribution in [0.5, 0.6) is 0 Å². The van der Waals surface area contributed by atoms with Crippen LogP contribution < -0.4 is 0 Å². The molecule has 0 saturated carbocycles. The van der Waals surface area contributed by atoms with Gasteiger partial charge in [-0.25, -0.2) is 9.59 Å². The zero-order valence-corrected chi connectivity index (χ0v) is 18.3. The molecule has 6 heteroatoms. The van der Waals surface area contributed by atoms with E-state index < -0.39 is 22.8 Å². The molecule has 0 bridgehead atoms. The Balaban J connectivity index is 2.38. The molecular formula is C26H26N2O4. The zero-order chi connectivity index (χ0) is 23.5. The summed E-state index contributed by atoms with van der Waals surface area (Å²) in [4.78, 5) is 25.5. The van der Waals surface area contributed by atoms with E-state index in [4.69, 9.17) is 9.47 Å². The molecule has 0 aliphatic rings. The lowest BCUT2D eigenvalue weighted by molar-refractivity contribution is -0.148. The van der Waals surface area contributed by atoms with Crippen molar-refractivity contribution in [1.29, 1.82) is 10.5 Å². The molecule has 2 aromatic rings. The quantitative estimate of drug-likeness (QED) is 0.410. The molecule has 6 nitrogen and oxygen atoms in total. The van der Waals surface area contributed by atoms with Crippen molar-refractivity contribution >= 4 is 11.9 Å². The molecule has 0 aliphatic heterocycles. The van der Waals surface area contributed by atoms with E-state index in [9.17, 15) is 20.1 Å². The summed E-state index contributed by atoms with van der Waals surface area (Å²) in [6, 6.07) is 21.7. The summed E-state index contributed by atoms with van der Waals surface area (Å²) in [5, 5.41) is 19.9. The van der Waals surface area contributed by atoms with Crippen LogP contribution in [0.15, 0.2) is 72.8 Å². The molecule has 164 valence electrons. The first-order valence-corrected chi connectivity index (χ1v) is 10.4. The highest BCUT2D eigenvalue weighted by Crippen LogP contribution is 2.32. The molecule has 2 atom stereocenters. The molecule has 2 aromatic carbocycles. The van der Waals surface area contributed by atoms with Crippen LogP contribution in [0, 0.1) is 22.7 Å². The van der Waals surface area contributed by atoms with Gasteiger partial charge in [-0.1, -0.05) is 72.8 Å². The molecule has 0 amide bonds. The topological polar surface area (TPSA) is 100 Å². The maximum absolute atomic E-state index is 12.8. The molecule has 0 saturated heterocycles. The van der Waals surface area contributed by atoms with Gasteiger partial charge < -0.3 is 9.47 Å². The highest BCUT2D eigenvalue weighted by molar-refractivity contribution is 5.88. The summed E-state index contributed by atoms with van der Waals surface area (Å²) >= 11 is 0. The first kappa shape index (κ1) is 24.4. The van der Waals surface area contributed by atoms with Gasteiger partial charge in [-0.2, -0.15) is 10.5 Å². The van der Waals surface area contributed by atoms with E-state index in [1.165, 1.54) is 0 Å². The van der Waals surface area contributed by atoms with Gasteiger partial charge in [-0.05, 0) is 37.8 Å². The third-order valence-electron chi connectivity index (χ3n) is 5.18. The molecule has 0 fully saturated rings. The summed E-state index contributed by atoms with van der Waals surface area (Å²) in [6.45, 7) is 3.66. The van der Waals surface area contributed by atoms with Crippen LogP contribution in [0.25, 0.3) is 0 Å². The fraction of sp³-hybridized carbons (Fsp3) is 0.308. The lowest BCUT2D eigenvalue weighted by Crippen LogP contribution is -2.36. The highest BCUT2D eigenvalue weighted by atomic mass is 16.5. The summed E-state index contributed by atoms with van der Waals surface area (Å²) in [6.07, 6.45) is 3.35. The van der Waals surface area contributed by atoms with Crippen molar-refractivity contribution in [2.75, 3.05) is 13.2 Å². The van der Waals surface area contributed by atoms with Gasteiger partial charge in [-0.15, -0.1) is 0 Å². The lowest BCUT2D eigenvalue weighted by Gasteiger charge is -2.25. The van der Waals surface area contributed by atoms with Crippen molar-refractivity contribution in [3.05, 3.63) is 83.9 Å². The third kappa shape index (κ3) is 5.04. The van der Waals surface area contributed by atoms with E-state index in [1.54, 1.807) is 86.7 Å². The Morgan fingerprint density at radius 3 is 1.38 bits per heavy atom. The van der Waals surface area contributed by atoms with Crippen molar-refractivity contribution in [2.45, 2.75) is 37.5 Å². The first-order valence-electron chi connectivity index (χ1n) is 10.4. The third-order valence-corrected chi connectivity index (χ3v) is 5.18. The second-order valence-electron chi connectivity index (χ2n) is 7.09. The summed E-state index contributed by atoms with van der Waals surface area (Å²) < 4.78 is 10.4. The van der Waals surface area contributed by atoms with Gasteiger partial charge in [0.25, 0.3) is 0 Å². The minimum absolute atomic E-state index is 0.0332. The number of rotatable bonds is 10. The van der Waals surface area contributed by atoms with Gasteiger partial charge in [-0.3, -0.25) is 0 Å². The number of esters is 2. The van der Waals surface area contributed by atoms with Gasteiger partial charge in [0.1, 0.15) is 0 Å². The average molecular weight is 431 g/mol. The summed E-state index contributed by atoms with van der Waals surface area (Å²) in [7, 11) is 0. The lowest BCUT2D eigenvalue weighted by atomic mass is 9.77. The standard InChI is InChI=1S/C26H26N2O4/c1-3-31-23(29)25(19-27,21-13-7-5-8-14-21)17-11-12-18-26(20-28,24(30)32-4-2)22-15-9-6-10-16-22/h5-16H,3-4,17-18H2,1-2H3/b12-11+. The Morgan fingerprint density at radius 2 is 1.09 bits per heavy atom. The molecular weight excluding hydrogens is 404 g/mol. The number of hydrogen-bond acceptors (Lipinski definition) is 6. The minimum atomic E-state index is -1.53. The number of carbonyl (C=O) groups excluding carboxylic acids is 2. The van der Waals surface area contributed by atoms with E-state index in [0.29, 0.717) is 11.1 Å². The van der Waals surface area contributed by atoms with E-state index in [1.807, 2.05) is 0 Å². The van der Waals surface area contributed by atoms with E-state index >= 15 is 0 Å². The van der Waals surface area contributed by atoms with Crippen LogP contribution in [0.2, 0.25) is 0 Å². The normalized spacial score (nSPS) is 14.4. The smallest absolute Gasteiger partial charge is 0.331 e. The molecule has 2 unspecified atom stereocenters. The second-order valence-corrected chi connectivity index (χ2v) is 7.09. The largest absolute Gasteiger partial charge is 0.465 e. The molecule has 2 rings (SSSR count). The van der Waals surface area contributed by atoms with Gasteiger partial charge in [0, 0.05) is 0 Å². The molecule has 0 radical (unpaired) electrons. The molecule has 0 heterocycles. The van der Waals surface area contributed by atoms with Crippen LogP contribution in [0.4, 0.5) is 0 Å². The highest BCUT2D eigenvalue weighted by Gasteiger charge is 2.43. The number of benzene rings is 2. The zero-order valence-electron chi connectivity index (χ0n) is 18.3. The molecule has 32 heavy (non-hydrogen) atoms. The SMILES string of the molecule is CCOC(=O)C(C#N)(C/C=C/CC(C#N)(C(=O)OCC)c1ccccc1)c1ccccc1. The number of hydrogen-bond donors (Lipinski definition) is 0. The fourth-order valence-corrected chi connectivity index (χ4v) is 3.42. The maximum atomic E-state index is 12.8. The first-order chi connectivity index (χ1) is 15.5. The minimum Gasteiger partial charge on any atom is -0.465 e. The van der Waals surface area contributed by atoms with Crippen molar-refractivity contribution in [1.82, 2.24) is 0 Å². The molecule has 0 spiro atoms. The van der Waals surface area contributed by atoms with Gasteiger partial charge in [0.15, 0.2) is 10.8 Å². The van der Waals surface area contributed by atoms with Gasteiger partial charge in [0.2, 0.25) is 0 Å². The predicted octanol–water partition coefficient (Wildman–Crippen LogP) is 4.37. The van der Waals surface area contributed by atoms with Crippen molar-refractivity contribution in [2.24, 2.45) is 0 Å². The Hall–Kier alpha value is -3.90. The van der Waals surface area contributed by atoms with E-state index in [2.05, 4.69) is 12.1 Å². The van der Waals surface area contributed by atoms with E-state index in [-0.39, 0.29) is 26.1 Å². The van der Waals surface area contributed by atoms with E-state index in [0.717, 1.165) is 0 Å². The van der Waals surface area contributed by atoms with Crippen LogP contribution in [-0.4, -0.2) is 25.2 Å². The van der Waals surface area contributed by atoms with Gasteiger partial charge in [0.05, 0.1) is 25.4 Å². The summed E-state index contributed by atoms with van der Waals surface area (Å²) in [5.74, 6) is -1.28. The van der Waals surface area contributed by atoms with Crippen LogP contribution in [-0.2, 0) is 29.9 Å². The number of nitriles is 2. The van der Waals surface area contributed by atoms with Gasteiger partial charge >= 0.3 is 11.9 Å². The predicted molar refractivity (Wildman–Crippen MR) is 119 cm³/mol. The fourth-order valence-electron chi connectivity index (χ4n) is 3.42.